The molecule has 0 heterocycles. The lowest BCUT2D eigenvalue weighted by Crippen LogP contribution is -1.96. The van der Waals surface area contributed by atoms with Crippen molar-refractivity contribution in [1.29, 1.82) is 0 Å². The number of ether oxygens (including phenoxy) is 2. The molecule has 0 fully saturated rings. The minimum atomic E-state index is -0.546. The highest BCUT2D eigenvalue weighted by molar-refractivity contribution is 6.30. The summed E-state index contributed by atoms with van der Waals surface area (Å²) in [6.07, 6.45) is 0. The molecule has 0 aliphatic heterocycles. The molecule has 2 aromatic rings. The summed E-state index contributed by atoms with van der Waals surface area (Å²) in [5, 5.41) is 0.0426. The highest BCUT2D eigenvalue weighted by Gasteiger charge is 2.08. The van der Waals surface area contributed by atoms with Crippen LogP contribution in [0.15, 0.2) is 36.4 Å². The molecule has 0 aliphatic carbocycles. The van der Waals surface area contributed by atoms with E-state index in [0.717, 1.165) is 0 Å². The Morgan fingerprint density at radius 3 is 2.56 bits per heavy atom. The van der Waals surface area contributed by atoms with Crippen molar-refractivity contribution < 1.29 is 13.9 Å². The van der Waals surface area contributed by atoms with E-state index in [2.05, 4.69) is 0 Å². The van der Waals surface area contributed by atoms with E-state index in [1.165, 1.54) is 19.2 Å². The third-order valence-corrected chi connectivity index (χ3v) is 2.67. The first-order valence-electron chi connectivity index (χ1n) is 5.17. The summed E-state index contributed by atoms with van der Waals surface area (Å²) >= 11 is 5.59. The van der Waals surface area contributed by atoms with Gasteiger partial charge in [-0.05, 0) is 24.3 Å². The maximum absolute atomic E-state index is 13.3. The normalized spacial score (nSPS) is 10.2. The monoisotopic (exact) mass is 267 g/mol. The molecule has 0 aromatic heterocycles. The van der Waals surface area contributed by atoms with Crippen molar-refractivity contribution in [3.63, 3.8) is 0 Å². The summed E-state index contributed by atoms with van der Waals surface area (Å²) < 4.78 is 23.8. The molecular weight excluding hydrogens is 257 g/mol. The Bertz CT molecular complexity index is 575. The van der Waals surface area contributed by atoms with Crippen molar-refractivity contribution in [2.45, 2.75) is 0 Å². The third kappa shape index (κ3) is 2.49. The first kappa shape index (κ1) is 12.5. The van der Waals surface area contributed by atoms with Gasteiger partial charge >= 0.3 is 0 Å². The van der Waals surface area contributed by atoms with Gasteiger partial charge < -0.3 is 15.2 Å². The van der Waals surface area contributed by atoms with E-state index in [9.17, 15) is 4.39 Å². The number of halogens is 2. The van der Waals surface area contributed by atoms with Crippen LogP contribution in [0.4, 0.5) is 10.1 Å². The summed E-state index contributed by atoms with van der Waals surface area (Å²) in [6.45, 7) is 0. The summed E-state index contributed by atoms with van der Waals surface area (Å²) in [4.78, 5) is 0. The summed E-state index contributed by atoms with van der Waals surface area (Å²) in [7, 11) is 1.51. The number of nitrogen functional groups attached to an aromatic ring is 1. The Morgan fingerprint density at radius 2 is 1.89 bits per heavy atom. The molecule has 18 heavy (non-hydrogen) atoms. The van der Waals surface area contributed by atoms with E-state index < -0.39 is 5.82 Å². The van der Waals surface area contributed by atoms with Gasteiger partial charge in [0.25, 0.3) is 0 Å². The zero-order valence-electron chi connectivity index (χ0n) is 9.61. The van der Waals surface area contributed by atoms with Crippen LogP contribution in [0.25, 0.3) is 0 Å². The van der Waals surface area contributed by atoms with Gasteiger partial charge in [-0.25, -0.2) is 4.39 Å². The maximum atomic E-state index is 13.3. The summed E-state index contributed by atoms with van der Waals surface area (Å²) in [6, 6.07) is 9.29. The van der Waals surface area contributed by atoms with Gasteiger partial charge in [0.05, 0.1) is 12.1 Å². The highest BCUT2D eigenvalue weighted by Crippen LogP contribution is 2.34. The minimum Gasteiger partial charge on any atom is -0.494 e. The first-order chi connectivity index (χ1) is 8.61. The van der Waals surface area contributed by atoms with Crippen molar-refractivity contribution in [1.82, 2.24) is 0 Å². The molecule has 0 unspecified atom stereocenters. The Labute approximate surface area is 109 Å². The molecule has 0 saturated heterocycles. The van der Waals surface area contributed by atoms with Gasteiger partial charge in [0.1, 0.15) is 23.0 Å². The van der Waals surface area contributed by atoms with E-state index in [0.29, 0.717) is 22.9 Å². The van der Waals surface area contributed by atoms with E-state index in [1.807, 2.05) is 0 Å². The van der Waals surface area contributed by atoms with Gasteiger partial charge in [-0.15, -0.1) is 0 Å². The molecule has 2 aromatic carbocycles. The molecule has 2 rings (SSSR count). The minimum absolute atomic E-state index is 0.0426. The van der Waals surface area contributed by atoms with Crippen LogP contribution in [0.5, 0.6) is 17.2 Å². The van der Waals surface area contributed by atoms with Crippen molar-refractivity contribution >= 4 is 17.3 Å². The fraction of sp³-hybridized carbons (Fsp3) is 0.0769. The lowest BCUT2D eigenvalue weighted by Gasteiger charge is -2.11. The standard InChI is InChI=1S/C13H11ClFNO2/c1-17-11-3-2-4-12(13(11)16)18-8-5-6-9(14)10(15)7-8/h2-7H,16H2,1H3. The van der Waals surface area contributed by atoms with Crippen molar-refractivity contribution in [3.8, 4) is 17.2 Å². The van der Waals surface area contributed by atoms with Crippen molar-refractivity contribution in [2.24, 2.45) is 0 Å². The predicted octanol–water partition coefficient (Wildman–Crippen LogP) is 3.86. The van der Waals surface area contributed by atoms with Crippen LogP contribution in [0.1, 0.15) is 0 Å². The second-order valence-electron chi connectivity index (χ2n) is 3.55. The van der Waals surface area contributed by atoms with E-state index in [-0.39, 0.29) is 5.02 Å². The largest absolute Gasteiger partial charge is 0.494 e. The van der Waals surface area contributed by atoms with Gasteiger partial charge in [0.2, 0.25) is 0 Å². The lowest BCUT2D eigenvalue weighted by molar-refractivity contribution is 0.412. The average Bonchev–Trinajstić information content (AvgIpc) is 2.36. The lowest BCUT2D eigenvalue weighted by atomic mass is 10.2. The van der Waals surface area contributed by atoms with E-state index in [1.54, 1.807) is 24.3 Å². The fourth-order valence-electron chi connectivity index (χ4n) is 1.46. The molecule has 0 atom stereocenters. The van der Waals surface area contributed by atoms with Crippen LogP contribution in [-0.4, -0.2) is 7.11 Å². The van der Waals surface area contributed by atoms with Crippen LogP contribution >= 0.6 is 11.6 Å². The van der Waals surface area contributed by atoms with Crippen LogP contribution in [0.2, 0.25) is 5.02 Å². The summed E-state index contributed by atoms with van der Waals surface area (Å²) in [5.74, 6) is 0.672. The van der Waals surface area contributed by atoms with Gasteiger partial charge in [0.15, 0.2) is 5.75 Å². The molecule has 0 radical (unpaired) electrons. The topological polar surface area (TPSA) is 44.5 Å². The Balaban J connectivity index is 2.31. The molecule has 0 saturated carbocycles. The van der Waals surface area contributed by atoms with Crippen molar-refractivity contribution in [2.75, 3.05) is 12.8 Å². The molecule has 94 valence electrons. The molecule has 2 N–H and O–H groups in total. The third-order valence-electron chi connectivity index (χ3n) is 2.36. The van der Waals surface area contributed by atoms with Crippen LogP contribution in [0, 0.1) is 5.82 Å². The van der Waals surface area contributed by atoms with Gasteiger partial charge in [-0.2, -0.15) is 0 Å². The number of hydrogen-bond acceptors (Lipinski definition) is 3. The molecule has 0 amide bonds. The van der Waals surface area contributed by atoms with E-state index in [4.69, 9.17) is 26.8 Å². The first-order valence-corrected chi connectivity index (χ1v) is 5.55. The van der Waals surface area contributed by atoms with Gasteiger partial charge in [-0.3, -0.25) is 0 Å². The maximum Gasteiger partial charge on any atom is 0.154 e. The van der Waals surface area contributed by atoms with Gasteiger partial charge in [-0.1, -0.05) is 17.7 Å². The Kier molecular flexibility index (Phi) is 3.58. The molecule has 0 aliphatic rings. The van der Waals surface area contributed by atoms with Gasteiger partial charge in [0, 0.05) is 6.07 Å². The second-order valence-corrected chi connectivity index (χ2v) is 3.96. The number of anilines is 1. The summed E-state index contributed by atoms with van der Waals surface area (Å²) in [5.41, 5.74) is 6.20. The molecule has 3 nitrogen and oxygen atoms in total. The number of methoxy groups -OCH3 is 1. The van der Waals surface area contributed by atoms with Crippen LogP contribution in [-0.2, 0) is 0 Å². The number of rotatable bonds is 3. The van der Waals surface area contributed by atoms with E-state index >= 15 is 0 Å². The predicted molar refractivity (Wildman–Crippen MR) is 68.9 cm³/mol. The second kappa shape index (κ2) is 5.14. The zero-order chi connectivity index (χ0) is 13.1. The molecule has 0 spiro atoms. The van der Waals surface area contributed by atoms with Crippen LogP contribution < -0.4 is 15.2 Å². The molecular formula is C13H11ClFNO2. The smallest absolute Gasteiger partial charge is 0.154 e. The fourth-order valence-corrected chi connectivity index (χ4v) is 1.58. The van der Waals surface area contributed by atoms with Crippen molar-refractivity contribution in [3.05, 3.63) is 47.2 Å². The Morgan fingerprint density at radius 1 is 1.17 bits per heavy atom. The number of hydrogen-bond donors (Lipinski definition) is 1. The average molecular weight is 268 g/mol. The number of para-hydroxylation sites is 1. The molecule has 0 bridgehead atoms. The van der Waals surface area contributed by atoms with Crippen LogP contribution in [0.3, 0.4) is 0 Å². The number of benzene rings is 2. The Hall–Kier alpha value is -1.94. The quantitative estimate of drug-likeness (QED) is 0.859. The zero-order valence-corrected chi connectivity index (χ0v) is 10.4. The highest BCUT2D eigenvalue weighted by atomic mass is 35.5. The SMILES string of the molecule is COc1cccc(Oc2ccc(Cl)c(F)c2)c1N. The molecule has 5 heteroatoms. The number of nitrogens with two attached hydrogens (primary N) is 1.